The molecule has 0 spiro atoms. The monoisotopic (exact) mass is 450 g/mol. The lowest BCUT2D eigenvalue weighted by Gasteiger charge is -2.13. The van der Waals surface area contributed by atoms with Gasteiger partial charge in [0.2, 0.25) is 0 Å². The molecule has 0 aliphatic heterocycles. The van der Waals surface area contributed by atoms with Crippen LogP contribution in [0.15, 0.2) is 29.6 Å². The maximum absolute atomic E-state index is 13.9. The van der Waals surface area contributed by atoms with E-state index in [4.69, 9.17) is 11.6 Å². The van der Waals surface area contributed by atoms with Crippen LogP contribution in [0.25, 0.3) is 11.0 Å². The Kier molecular flexibility index (Phi) is 7.14. The quantitative estimate of drug-likeness (QED) is 0.391. The molecule has 3 aromatic rings. The Morgan fingerprint density at radius 2 is 2.03 bits per heavy atom. The van der Waals surface area contributed by atoms with E-state index < -0.39 is 11.7 Å². The van der Waals surface area contributed by atoms with E-state index in [0.717, 1.165) is 11.2 Å². The number of aromatic nitrogens is 4. The number of halogens is 2. The Hall–Kier alpha value is -2.39. The Balaban J connectivity index is 1.80. The summed E-state index contributed by atoms with van der Waals surface area (Å²) in [4.78, 5) is 21.6. The molecule has 7 nitrogen and oxygen atoms in total. The number of hydrogen-bond acceptors (Lipinski definition) is 6. The van der Waals surface area contributed by atoms with E-state index in [0.29, 0.717) is 22.6 Å². The molecule has 0 unspecified atom stereocenters. The minimum absolute atomic E-state index is 0.0736. The highest BCUT2D eigenvalue weighted by molar-refractivity contribution is 7.99. The van der Waals surface area contributed by atoms with E-state index in [1.54, 1.807) is 22.6 Å². The van der Waals surface area contributed by atoms with Crippen molar-refractivity contribution in [2.75, 3.05) is 11.9 Å². The number of benzene rings is 1. The van der Waals surface area contributed by atoms with Crippen LogP contribution in [-0.2, 0) is 6.54 Å². The molecule has 2 heterocycles. The fraction of sp³-hybridized carbons (Fsp3) is 0.400. The van der Waals surface area contributed by atoms with Gasteiger partial charge in [0.05, 0.1) is 28.7 Å². The first-order valence-corrected chi connectivity index (χ1v) is 10.9. The second-order valence-electron chi connectivity index (χ2n) is 7.28. The molecule has 1 aromatic carbocycles. The predicted octanol–water partition coefficient (Wildman–Crippen LogP) is 4.37. The maximum Gasteiger partial charge on any atom is 0.255 e. The Labute approximate surface area is 183 Å². The van der Waals surface area contributed by atoms with Crippen LogP contribution in [0.2, 0.25) is 5.02 Å². The molecule has 2 aromatic heterocycles. The third-order valence-electron chi connectivity index (χ3n) is 4.04. The fourth-order valence-electron chi connectivity index (χ4n) is 2.82. The molecule has 0 fully saturated rings. The van der Waals surface area contributed by atoms with Gasteiger partial charge in [-0.15, -0.1) is 0 Å². The van der Waals surface area contributed by atoms with Gasteiger partial charge in [0.15, 0.2) is 10.8 Å². The Bertz CT molecular complexity index is 1030. The van der Waals surface area contributed by atoms with Crippen molar-refractivity contribution in [1.82, 2.24) is 25.1 Å². The summed E-state index contributed by atoms with van der Waals surface area (Å²) in [6.45, 7) is 8.84. The Morgan fingerprint density at radius 1 is 1.27 bits per heavy atom. The normalized spacial score (nSPS) is 11.5. The molecule has 0 aliphatic carbocycles. The van der Waals surface area contributed by atoms with E-state index in [2.05, 4.69) is 39.5 Å². The van der Waals surface area contributed by atoms with Gasteiger partial charge in [0, 0.05) is 17.8 Å². The SMILES string of the molecule is CC(C)Nc1nc(SC(C)C)nc2c1cnn2CCNC(=O)c1c(F)cccc1Cl. The van der Waals surface area contributed by atoms with Crippen molar-refractivity contribution in [3.8, 4) is 0 Å². The molecular formula is C20H24ClFN6OS. The number of hydrogen-bond donors (Lipinski definition) is 2. The van der Waals surface area contributed by atoms with E-state index in [1.165, 1.54) is 18.2 Å². The molecule has 1 amide bonds. The van der Waals surface area contributed by atoms with Gasteiger partial charge < -0.3 is 10.6 Å². The molecule has 0 atom stereocenters. The van der Waals surface area contributed by atoms with Crippen LogP contribution in [0.4, 0.5) is 10.2 Å². The van der Waals surface area contributed by atoms with Gasteiger partial charge in [-0.25, -0.2) is 19.0 Å². The van der Waals surface area contributed by atoms with Crippen molar-refractivity contribution in [1.29, 1.82) is 0 Å². The molecule has 0 saturated heterocycles. The van der Waals surface area contributed by atoms with Crippen LogP contribution in [0.5, 0.6) is 0 Å². The molecule has 30 heavy (non-hydrogen) atoms. The van der Waals surface area contributed by atoms with Crippen molar-refractivity contribution < 1.29 is 9.18 Å². The van der Waals surface area contributed by atoms with Gasteiger partial charge in [-0.2, -0.15) is 5.10 Å². The van der Waals surface area contributed by atoms with E-state index in [9.17, 15) is 9.18 Å². The maximum atomic E-state index is 13.9. The summed E-state index contributed by atoms with van der Waals surface area (Å²) in [5.41, 5.74) is 0.514. The molecule has 3 rings (SSSR count). The number of nitrogens with one attached hydrogen (secondary N) is 2. The van der Waals surface area contributed by atoms with Crippen molar-refractivity contribution in [2.24, 2.45) is 0 Å². The molecule has 10 heteroatoms. The minimum Gasteiger partial charge on any atom is -0.367 e. The number of anilines is 1. The number of carbonyl (C=O) groups is 1. The van der Waals surface area contributed by atoms with Gasteiger partial charge in [-0.3, -0.25) is 4.79 Å². The topological polar surface area (TPSA) is 84.7 Å². The molecule has 160 valence electrons. The van der Waals surface area contributed by atoms with Crippen molar-refractivity contribution in [2.45, 2.75) is 50.7 Å². The third kappa shape index (κ3) is 5.20. The lowest BCUT2D eigenvalue weighted by molar-refractivity contribution is 0.0948. The summed E-state index contributed by atoms with van der Waals surface area (Å²) in [5.74, 6) is -0.494. The molecular weight excluding hydrogens is 427 g/mol. The largest absolute Gasteiger partial charge is 0.367 e. The van der Waals surface area contributed by atoms with E-state index >= 15 is 0 Å². The molecule has 0 bridgehead atoms. The zero-order valence-electron chi connectivity index (χ0n) is 17.2. The summed E-state index contributed by atoms with van der Waals surface area (Å²) < 4.78 is 15.6. The van der Waals surface area contributed by atoms with Gasteiger partial charge in [-0.05, 0) is 26.0 Å². The van der Waals surface area contributed by atoms with Crippen molar-refractivity contribution in [3.05, 3.63) is 40.8 Å². The zero-order valence-corrected chi connectivity index (χ0v) is 18.8. The summed E-state index contributed by atoms with van der Waals surface area (Å²) in [6.07, 6.45) is 1.71. The van der Waals surface area contributed by atoms with E-state index in [1.807, 2.05) is 13.8 Å². The van der Waals surface area contributed by atoms with Gasteiger partial charge in [0.1, 0.15) is 11.6 Å². The lowest BCUT2D eigenvalue weighted by Crippen LogP contribution is -2.28. The van der Waals surface area contributed by atoms with E-state index in [-0.39, 0.29) is 23.2 Å². The first-order valence-electron chi connectivity index (χ1n) is 9.65. The molecule has 2 N–H and O–H groups in total. The number of nitrogens with zero attached hydrogens (tertiary/aromatic N) is 4. The summed E-state index contributed by atoms with van der Waals surface area (Å²) in [7, 11) is 0. The smallest absolute Gasteiger partial charge is 0.255 e. The first-order chi connectivity index (χ1) is 14.3. The van der Waals surface area contributed by atoms with Gasteiger partial charge >= 0.3 is 0 Å². The van der Waals surface area contributed by atoms with Crippen LogP contribution in [0.1, 0.15) is 38.1 Å². The second-order valence-corrected chi connectivity index (χ2v) is 9.23. The summed E-state index contributed by atoms with van der Waals surface area (Å²) in [5, 5.41) is 12.3. The average Bonchev–Trinajstić information content (AvgIpc) is 3.04. The predicted molar refractivity (Wildman–Crippen MR) is 119 cm³/mol. The third-order valence-corrected chi connectivity index (χ3v) is 5.22. The van der Waals surface area contributed by atoms with Crippen LogP contribution in [0.3, 0.4) is 0 Å². The first kappa shape index (κ1) is 22.3. The van der Waals surface area contributed by atoms with Crippen LogP contribution >= 0.6 is 23.4 Å². The second kappa shape index (κ2) is 9.61. The van der Waals surface area contributed by atoms with Crippen LogP contribution < -0.4 is 10.6 Å². The number of carbonyl (C=O) groups excluding carboxylic acids is 1. The summed E-state index contributed by atoms with van der Waals surface area (Å²) >= 11 is 7.52. The van der Waals surface area contributed by atoms with Crippen molar-refractivity contribution >= 4 is 46.1 Å². The molecule has 0 radical (unpaired) electrons. The zero-order chi connectivity index (χ0) is 21.8. The number of rotatable bonds is 8. The van der Waals surface area contributed by atoms with Crippen LogP contribution in [0, 0.1) is 5.82 Å². The molecule has 0 saturated carbocycles. The summed E-state index contributed by atoms with van der Waals surface area (Å²) in [6, 6.07) is 4.34. The average molecular weight is 451 g/mol. The highest BCUT2D eigenvalue weighted by atomic mass is 35.5. The van der Waals surface area contributed by atoms with Crippen LogP contribution in [-0.4, -0.2) is 43.5 Å². The highest BCUT2D eigenvalue weighted by Crippen LogP contribution is 2.27. The highest BCUT2D eigenvalue weighted by Gasteiger charge is 2.17. The number of fused-ring (bicyclic) bond motifs is 1. The van der Waals surface area contributed by atoms with Gasteiger partial charge in [-0.1, -0.05) is 43.3 Å². The number of thioether (sulfide) groups is 1. The molecule has 0 aliphatic rings. The van der Waals surface area contributed by atoms with Crippen molar-refractivity contribution in [3.63, 3.8) is 0 Å². The van der Waals surface area contributed by atoms with Gasteiger partial charge in [0.25, 0.3) is 5.91 Å². The number of amides is 1. The lowest BCUT2D eigenvalue weighted by atomic mass is 10.2. The standard InChI is InChI=1S/C20H24ClFN6OS/c1-11(2)25-17-13-10-24-28(18(13)27-20(26-17)30-12(3)4)9-8-23-19(29)16-14(21)6-5-7-15(16)22/h5-7,10-12H,8-9H2,1-4H3,(H,23,29)(H,25,26,27). The Morgan fingerprint density at radius 3 is 2.70 bits per heavy atom. The fourth-order valence-corrected chi connectivity index (χ4v) is 3.78. The minimum atomic E-state index is -0.656.